The smallest absolute Gasteiger partial charge is 0.222 e. The van der Waals surface area contributed by atoms with Gasteiger partial charge in [0.1, 0.15) is 0 Å². The van der Waals surface area contributed by atoms with Crippen LogP contribution in [0.3, 0.4) is 0 Å². The second-order valence-electron chi connectivity index (χ2n) is 3.78. The number of aliphatic hydroxyl groups is 1. The third-order valence-corrected chi connectivity index (χ3v) is 3.13. The summed E-state index contributed by atoms with van der Waals surface area (Å²) in [6, 6.07) is 0.358. The number of piperidine rings is 1. The van der Waals surface area contributed by atoms with Crippen molar-refractivity contribution in [1.82, 2.24) is 4.90 Å². The van der Waals surface area contributed by atoms with Crippen LogP contribution in [0.15, 0.2) is 0 Å². The van der Waals surface area contributed by atoms with Crippen LogP contribution in [0, 0.1) is 5.92 Å². The molecule has 0 aromatic heterocycles. The minimum Gasteiger partial charge on any atom is -0.396 e. The fourth-order valence-corrected chi connectivity index (χ4v) is 2.44. The van der Waals surface area contributed by atoms with Crippen molar-refractivity contribution in [3.8, 4) is 0 Å². The van der Waals surface area contributed by atoms with Crippen molar-refractivity contribution < 1.29 is 9.90 Å². The third kappa shape index (κ3) is 1.12. The molecule has 2 rings (SSSR count). The summed E-state index contributed by atoms with van der Waals surface area (Å²) in [5, 5.41) is 9.05. The Morgan fingerprint density at radius 3 is 3.08 bits per heavy atom. The fraction of sp³-hybridized carbons (Fsp3) is 0.889. The lowest BCUT2D eigenvalue weighted by atomic mass is 9.94. The number of carbonyl (C=O) groups is 1. The van der Waals surface area contributed by atoms with E-state index in [4.69, 9.17) is 5.11 Å². The molecule has 0 spiro atoms. The van der Waals surface area contributed by atoms with Crippen molar-refractivity contribution in [3.05, 3.63) is 0 Å². The van der Waals surface area contributed by atoms with Crippen LogP contribution in [0.25, 0.3) is 0 Å². The Kier molecular flexibility index (Phi) is 2.05. The maximum atomic E-state index is 11.4. The van der Waals surface area contributed by atoms with Gasteiger partial charge in [0.15, 0.2) is 0 Å². The zero-order valence-corrected chi connectivity index (χ0v) is 7.20. The number of fused-ring (bicyclic) bond motifs is 1. The Morgan fingerprint density at radius 2 is 2.33 bits per heavy atom. The summed E-state index contributed by atoms with van der Waals surface area (Å²) in [5.41, 5.74) is 0. The normalized spacial score (nSPS) is 35.4. The maximum absolute atomic E-state index is 11.4. The highest BCUT2D eigenvalue weighted by Crippen LogP contribution is 2.31. The van der Waals surface area contributed by atoms with Crippen LogP contribution in [-0.4, -0.2) is 35.1 Å². The van der Waals surface area contributed by atoms with Gasteiger partial charge >= 0.3 is 0 Å². The molecule has 0 saturated carbocycles. The average molecular weight is 169 g/mol. The van der Waals surface area contributed by atoms with Crippen LogP contribution in [0.5, 0.6) is 0 Å². The summed E-state index contributed by atoms with van der Waals surface area (Å²) >= 11 is 0. The SMILES string of the molecule is O=C1CCCC2C(CO)CCN12. The van der Waals surface area contributed by atoms with Gasteiger partial charge in [0.25, 0.3) is 0 Å². The molecule has 0 bridgehead atoms. The molecule has 2 saturated heterocycles. The number of carbonyl (C=O) groups excluding carboxylic acids is 1. The van der Waals surface area contributed by atoms with Crippen LogP contribution in [-0.2, 0) is 4.79 Å². The summed E-state index contributed by atoms with van der Waals surface area (Å²) in [6.45, 7) is 1.11. The minimum absolute atomic E-state index is 0.244. The molecule has 1 N–H and O–H groups in total. The van der Waals surface area contributed by atoms with E-state index in [9.17, 15) is 4.79 Å². The quantitative estimate of drug-likeness (QED) is 0.616. The highest BCUT2D eigenvalue weighted by molar-refractivity contribution is 5.77. The van der Waals surface area contributed by atoms with Gasteiger partial charge in [0.05, 0.1) is 0 Å². The Morgan fingerprint density at radius 1 is 1.50 bits per heavy atom. The third-order valence-electron chi connectivity index (χ3n) is 3.13. The van der Waals surface area contributed by atoms with Crippen molar-refractivity contribution in [2.24, 2.45) is 5.92 Å². The Balaban J connectivity index is 2.08. The molecule has 2 fully saturated rings. The molecule has 2 aliphatic rings. The molecule has 2 atom stereocenters. The number of aliphatic hydroxyl groups excluding tert-OH is 1. The van der Waals surface area contributed by atoms with Gasteiger partial charge in [0.2, 0.25) is 5.91 Å². The van der Waals surface area contributed by atoms with Gasteiger partial charge in [-0.25, -0.2) is 0 Å². The van der Waals surface area contributed by atoms with Gasteiger partial charge < -0.3 is 10.0 Å². The summed E-state index contributed by atoms with van der Waals surface area (Å²) in [5.74, 6) is 0.649. The van der Waals surface area contributed by atoms with Crippen LogP contribution in [0.4, 0.5) is 0 Å². The first-order valence-corrected chi connectivity index (χ1v) is 4.73. The molecular formula is C9H15NO2. The molecular weight excluding hydrogens is 154 g/mol. The number of rotatable bonds is 1. The second-order valence-corrected chi connectivity index (χ2v) is 3.78. The number of nitrogens with zero attached hydrogens (tertiary/aromatic N) is 1. The lowest BCUT2D eigenvalue weighted by Crippen LogP contribution is -2.41. The molecule has 68 valence electrons. The largest absolute Gasteiger partial charge is 0.396 e. The van der Waals surface area contributed by atoms with Crippen molar-refractivity contribution in [2.45, 2.75) is 31.7 Å². The van der Waals surface area contributed by atoms with E-state index < -0.39 is 0 Å². The van der Waals surface area contributed by atoms with Gasteiger partial charge in [-0.1, -0.05) is 0 Å². The highest BCUT2D eigenvalue weighted by atomic mass is 16.3. The van der Waals surface area contributed by atoms with Gasteiger partial charge in [-0.3, -0.25) is 4.79 Å². The molecule has 0 aromatic rings. The molecule has 0 aromatic carbocycles. The second kappa shape index (κ2) is 3.05. The zero-order valence-electron chi connectivity index (χ0n) is 7.20. The monoisotopic (exact) mass is 169 g/mol. The predicted octanol–water partition coefficient (Wildman–Crippen LogP) is 0.380. The van der Waals surface area contributed by atoms with Crippen molar-refractivity contribution in [2.75, 3.05) is 13.2 Å². The standard InChI is InChI=1S/C9H15NO2/c11-6-7-4-5-10-8(7)2-1-3-9(10)12/h7-8,11H,1-6H2. The zero-order chi connectivity index (χ0) is 8.55. The van der Waals surface area contributed by atoms with E-state index >= 15 is 0 Å². The Labute approximate surface area is 72.4 Å². The Hall–Kier alpha value is -0.570. The highest BCUT2D eigenvalue weighted by Gasteiger charge is 2.38. The lowest BCUT2D eigenvalue weighted by Gasteiger charge is -2.31. The van der Waals surface area contributed by atoms with Gasteiger partial charge in [-0.15, -0.1) is 0 Å². The lowest BCUT2D eigenvalue weighted by molar-refractivity contribution is -0.135. The summed E-state index contributed by atoms with van der Waals surface area (Å²) in [7, 11) is 0. The number of hydrogen-bond donors (Lipinski definition) is 1. The van der Waals surface area contributed by atoms with Crippen LogP contribution in [0.2, 0.25) is 0 Å². The molecule has 0 radical (unpaired) electrons. The average Bonchev–Trinajstić information content (AvgIpc) is 2.49. The fourth-order valence-electron chi connectivity index (χ4n) is 2.44. The maximum Gasteiger partial charge on any atom is 0.222 e. The molecule has 3 nitrogen and oxygen atoms in total. The molecule has 3 heteroatoms. The molecule has 2 aliphatic heterocycles. The van der Waals surface area contributed by atoms with E-state index in [1.165, 1.54) is 0 Å². The first kappa shape index (κ1) is 8.05. The number of amides is 1. The van der Waals surface area contributed by atoms with Crippen molar-refractivity contribution in [1.29, 1.82) is 0 Å². The van der Waals surface area contributed by atoms with E-state index in [1.54, 1.807) is 0 Å². The van der Waals surface area contributed by atoms with Crippen LogP contribution in [0.1, 0.15) is 25.7 Å². The van der Waals surface area contributed by atoms with E-state index in [1.807, 2.05) is 4.90 Å². The van der Waals surface area contributed by atoms with Gasteiger partial charge in [-0.05, 0) is 19.3 Å². The van der Waals surface area contributed by atoms with Crippen LogP contribution >= 0.6 is 0 Å². The van der Waals surface area contributed by atoms with E-state index in [2.05, 4.69) is 0 Å². The first-order chi connectivity index (χ1) is 5.83. The van der Waals surface area contributed by atoms with E-state index in [0.717, 1.165) is 25.8 Å². The van der Waals surface area contributed by atoms with Crippen molar-refractivity contribution >= 4 is 5.91 Å². The van der Waals surface area contributed by atoms with E-state index in [-0.39, 0.29) is 6.61 Å². The first-order valence-electron chi connectivity index (χ1n) is 4.73. The van der Waals surface area contributed by atoms with Crippen molar-refractivity contribution in [3.63, 3.8) is 0 Å². The minimum atomic E-state index is 0.244. The van der Waals surface area contributed by atoms with Gasteiger partial charge in [-0.2, -0.15) is 0 Å². The molecule has 0 aliphatic carbocycles. The number of hydrogen-bond acceptors (Lipinski definition) is 2. The van der Waals surface area contributed by atoms with E-state index in [0.29, 0.717) is 24.3 Å². The Bertz CT molecular complexity index is 193. The predicted molar refractivity (Wildman–Crippen MR) is 44.5 cm³/mol. The molecule has 2 unspecified atom stereocenters. The molecule has 2 heterocycles. The van der Waals surface area contributed by atoms with Gasteiger partial charge in [0, 0.05) is 31.5 Å². The summed E-state index contributed by atoms with van der Waals surface area (Å²) in [6.07, 6.45) is 3.81. The summed E-state index contributed by atoms with van der Waals surface area (Å²) in [4.78, 5) is 13.3. The van der Waals surface area contributed by atoms with Crippen LogP contribution < -0.4 is 0 Å². The summed E-state index contributed by atoms with van der Waals surface area (Å²) < 4.78 is 0. The molecule has 12 heavy (non-hydrogen) atoms. The molecule has 1 amide bonds. The topological polar surface area (TPSA) is 40.5 Å².